The molecule has 0 bridgehead atoms. The van der Waals surface area contributed by atoms with E-state index >= 15 is 0 Å². The Balaban J connectivity index is 1.62. The second kappa shape index (κ2) is 8.05. The number of carbonyl (C=O) groups is 2. The van der Waals surface area contributed by atoms with Crippen LogP contribution in [0.2, 0.25) is 0 Å². The van der Waals surface area contributed by atoms with Crippen LogP contribution in [0.3, 0.4) is 0 Å². The standard InChI is InChI=1S/C19H21FN4O2/c1-14(25)22-16-2-3-18(20)17(12-16)19(26)24-10-8-23(9-11-24)13-15-4-6-21-7-5-15/h2-7,12H,8-11,13H2,1H3,(H,22,25). The highest BCUT2D eigenvalue weighted by Gasteiger charge is 2.24. The van der Waals surface area contributed by atoms with E-state index in [1.807, 2.05) is 12.1 Å². The van der Waals surface area contributed by atoms with Gasteiger partial charge in [-0.2, -0.15) is 0 Å². The van der Waals surface area contributed by atoms with Crippen LogP contribution in [0.1, 0.15) is 22.8 Å². The molecule has 26 heavy (non-hydrogen) atoms. The highest BCUT2D eigenvalue weighted by Crippen LogP contribution is 2.18. The molecular weight excluding hydrogens is 335 g/mol. The quantitative estimate of drug-likeness (QED) is 0.912. The first-order valence-electron chi connectivity index (χ1n) is 8.50. The normalized spacial score (nSPS) is 14.9. The Morgan fingerprint density at radius 3 is 2.46 bits per heavy atom. The third kappa shape index (κ3) is 4.43. The summed E-state index contributed by atoms with van der Waals surface area (Å²) in [6.07, 6.45) is 3.53. The SMILES string of the molecule is CC(=O)Nc1ccc(F)c(C(=O)N2CCN(Cc3ccncc3)CC2)c1. The van der Waals surface area contributed by atoms with Crippen LogP contribution in [0.5, 0.6) is 0 Å². The van der Waals surface area contributed by atoms with Crippen molar-refractivity contribution >= 4 is 17.5 Å². The predicted molar refractivity (Wildman–Crippen MR) is 96.1 cm³/mol. The van der Waals surface area contributed by atoms with E-state index in [2.05, 4.69) is 15.2 Å². The summed E-state index contributed by atoms with van der Waals surface area (Å²) in [5.74, 6) is -1.19. The number of amides is 2. The molecule has 1 aromatic carbocycles. The van der Waals surface area contributed by atoms with Gasteiger partial charge in [0.05, 0.1) is 5.56 Å². The van der Waals surface area contributed by atoms with E-state index in [1.54, 1.807) is 17.3 Å². The molecule has 0 spiro atoms. The first-order valence-corrected chi connectivity index (χ1v) is 8.50. The summed E-state index contributed by atoms with van der Waals surface area (Å²) in [7, 11) is 0. The monoisotopic (exact) mass is 356 g/mol. The molecule has 1 saturated heterocycles. The number of hydrogen-bond donors (Lipinski definition) is 1. The maximum Gasteiger partial charge on any atom is 0.256 e. The van der Waals surface area contributed by atoms with Gasteiger partial charge >= 0.3 is 0 Å². The van der Waals surface area contributed by atoms with Crippen molar-refractivity contribution in [1.29, 1.82) is 0 Å². The summed E-state index contributed by atoms with van der Waals surface area (Å²) < 4.78 is 14.1. The lowest BCUT2D eigenvalue weighted by atomic mass is 10.1. The molecule has 0 aliphatic carbocycles. The number of anilines is 1. The zero-order chi connectivity index (χ0) is 18.5. The Morgan fingerprint density at radius 2 is 1.81 bits per heavy atom. The van der Waals surface area contributed by atoms with Crippen molar-refractivity contribution in [2.45, 2.75) is 13.5 Å². The van der Waals surface area contributed by atoms with Crippen molar-refractivity contribution < 1.29 is 14.0 Å². The number of rotatable bonds is 4. The Morgan fingerprint density at radius 1 is 1.12 bits per heavy atom. The van der Waals surface area contributed by atoms with Gasteiger partial charge in [-0.05, 0) is 35.9 Å². The second-order valence-electron chi connectivity index (χ2n) is 6.30. The van der Waals surface area contributed by atoms with Crippen molar-refractivity contribution in [1.82, 2.24) is 14.8 Å². The molecule has 2 amide bonds. The van der Waals surface area contributed by atoms with Crippen LogP contribution in [-0.4, -0.2) is 52.8 Å². The smallest absolute Gasteiger partial charge is 0.256 e. The summed E-state index contributed by atoms with van der Waals surface area (Å²) in [6, 6.07) is 7.99. The summed E-state index contributed by atoms with van der Waals surface area (Å²) >= 11 is 0. The molecule has 0 atom stereocenters. The molecule has 7 heteroatoms. The van der Waals surface area contributed by atoms with E-state index in [-0.39, 0.29) is 17.4 Å². The molecule has 136 valence electrons. The first kappa shape index (κ1) is 18.0. The fourth-order valence-electron chi connectivity index (χ4n) is 3.00. The predicted octanol–water partition coefficient (Wildman–Crippen LogP) is 2.14. The van der Waals surface area contributed by atoms with Crippen LogP contribution in [0.4, 0.5) is 10.1 Å². The zero-order valence-electron chi connectivity index (χ0n) is 14.6. The zero-order valence-corrected chi connectivity index (χ0v) is 14.6. The van der Waals surface area contributed by atoms with Crippen LogP contribution in [0.15, 0.2) is 42.7 Å². The molecule has 3 rings (SSSR count). The average Bonchev–Trinajstić information content (AvgIpc) is 2.64. The first-order chi connectivity index (χ1) is 12.5. The molecule has 2 aromatic rings. The van der Waals surface area contributed by atoms with Gasteiger partial charge in [0.1, 0.15) is 5.82 Å². The van der Waals surface area contributed by atoms with Crippen molar-refractivity contribution in [3.63, 3.8) is 0 Å². The Labute approximate surface area is 151 Å². The Kier molecular flexibility index (Phi) is 5.58. The van der Waals surface area contributed by atoms with Crippen LogP contribution in [-0.2, 0) is 11.3 Å². The lowest BCUT2D eigenvalue weighted by Gasteiger charge is -2.34. The van der Waals surface area contributed by atoms with Gasteiger partial charge in [-0.1, -0.05) is 0 Å². The Hall–Kier alpha value is -2.80. The van der Waals surface area contributed by atoms with E-state index in [4.69, 9.17) is 0 Å². The van der Waals surface area contributed by atoms with Gasteiger partial charge in [0.2, 0.25) is 5.91 Å². The number of carbonyl (C=O) groups excluding carboxylic acids is 2. The number of benzene rings is 1. The molecule has 1 fully saturated rings. The molecule has 0 radical (unpaired) electrons. The minimum Gasteiger partial charge on any atom is -0.336 e. The number of nitrogens with zero attached hydrogens (tertiary/aromatic N) is 3. The van der Waals surface area contributed by atoms with Gasteiger partial charge < -0.3 is 10.2 Å². The van der Waals surface area contributed by atoms with Gasteiger partial charge in [-0.3, -0.25) is 19.5 Å². The van der Waals surface area contributed by atoms with Crippen molar-refractivity contribution in [3.05, 3.63) is 59.7 Å². The molecule has 1 aliphatic heterocycles. The Bertz CT molecular complexity index is 789. The molecule has 1 aliphatic rings. The average molecular weight is 356 g/mol. The fraction of sp³-hybridized carbons (Fsp3) is 0.316. The number of aromatic nitrogens is 1. The molecular formula is C19H21FN4O2. The van der Waals surface area contributed by atoms with Gasteiger partial charge in [0.25, 0.3) is 5.91 Å². The third-order valence-corrected chi connectivity index (χ3v) is 4.33. The second-order valence-corrected chi connectivity index (χ2v) is 6.30. The molecule has 0 saturated carbocycles. The van der Waals surface area contributed by atoms with Crippen molar-refractivity contribution in [3.8, 4) is 0 Å². The van der Waals surface area contributed by atoms with Crippen molar-refractivity contribution in [2.24, 2.45) is 0 Å². The van der Waals surface area contributed by atoms with Gasteiger partial charge in [0.15, 0.2) is 0 Å². The highest BCUT2D eigenvalue weighted by atomic mass is 19.1. The third-order valence-electron chi connectivity index (χ3n) is 4.33. The largest absolute Gasteiger partial charge is 0.336 e. The molecule has 2 heterocycles. The molecule has 1 aromatic heterocycles. The molecule has 6 nitrogen and oxygen atoms in total. The van der Waals surface area contributed by atoms with E-state index < -0.39 is 5.82 Å². The molecule has 0 unspecified atom stereocenters. The fourth-order valence-corrected chi connectivity index (χ4v) is 3.00. The van der Waals surface area contributed by atoms with E-state index in [1.165, 1.54) is 30.7 Å². The van der Waals surface area contributed by atoms with E-state index in [0.29, 0.717) is 18.8 Å². The van der Waals surface area contributed by atoms with Crippen molar-refractivity contribution in [2.75, 3.05) is 31.5 Å². The molecule has 1 N–H and O–H groups in total. The van der Waals surface area contributed by atoms with E-state index in [9.17, 15) is 14.0 Å². The summed E-state index contributed by atoms with van der Waals surface area (Å²) in [4.78, 5) is 31.7. The lowest BCUT2D eigenvalue weighted by Crippen LogP contribution is -2.48. The summed E-state index contributed by atoms with van der Waals surface area (Å²) in [5.41, 5.74) is 1.58. The number of halogens is 1. The van der Waals surface area contributed by atoms with E-state index in [0.717, 1.165) is 19.6 Å². The van der Waals surface area contributed by atoms with Crippen LogP contribution in [0, 0.1) is 5.82 Å². The van der Waals surface area contributed by atoms with Crippen LogP contribution < -0.4 is 5.32 Å². The minimum atomic E-state index is -0.580. The van der Waals surface area contributed by atoms with Gasteiger partial charge in [0, 0.05) is 57.7 Å². The topological polar surface area (TPSA) is 65.5 Å². The highest BCUT2D eigenvalue weighted by molar-refractivity contribution is 5.97. The van der Waals surface area contributed by atoms with Gasteiger partial charge in [-0.25, -0.2) is 4.39 Å². The maximum atomic E-state index is 14.1. The minimum absolute atomic E-state index is 0.0150. The van der Waals surface area contributed by atoms with Crippen LogP contribution in [0.25, 0.3) is 0 Å². The number of nitrogens with one attached hydrogen (secondary N) is 1. The van der Waals surface area contributed by atoms with Gasteiger partial charge in [-0.15, -0.1) is 0 Å². The summed E-state index contributed by atoms with van der Waals surface area (Å²) in [6.45, 7) is 4.69. The summed E-state index contributed by atoms with van der Waals surface area (Å²) in [5, 5.41) is 2.57. The number of pyridine rings is 1. The van der Waals surface area contributed by atoms with Crippen LogP contribution >= 0.6 is 0 Å². The lowest BCUT2D eigenvalue weighted by molar-refractivity contribution is -0.114. The number of piperazine rings is 1. The number of hydrogen-bond acceptors (Lipinski definition) is 4. The maximum absolute atomic E-state index is 14.1.